The summed E-state index contributed by atoms with van der Waals surface area (Å²) in [6, 6.07) is 0. The van der Waals surface area contributed by atoms with Gasteiger partial charge in [0.2, 0.25) is 0 Å². The molecule has 0 amide bonds. The minimum Gasteiger partial charge on any atom is -0.462 e. The lowest BCUT2D eigenvalue weighted by molar-refractivity contribution is -0.167. The first kappa shape index (κ1) is 73.4. The first-order valence-electron chi connectivity index (χ1n) is 33.6. The summed E-state index contributed by atoms with van der Waals surface area (Å²) < 4.78 is 17.0. The number of allylic oxidation sites excluding steroid dienone is 8. The molecule has 0 saturated carbocycles. The van der Waals surface area contributed by atoms with E-state index in [1.165, 1.54) is 238 Å². The van der Waals surface area contributed by atoms with Gasteiger partial charge in [-0.15, -0.1) is 0 Å². The number of ether oxygens (including phenoxy) is 3. The van der Waals surface area contributed by atoms with Crippen molar-refractivity contribution in [2.75, 3.05) is 13.2 Å². The summed E-state index contributed by atoms with van der Waals surface area (Å²) in [5.74, 6) is -0.840. The van der Waals surface area contributed by atoms with Crippen LogP contribution in [-0.2, 0) is 28.6 Å². The molecule has 444 valence electrons. The SMILES string of the molecule is CC/C=C\C/C=C\C/C=C\C/C=C\CCCCCCCCCCCCCCCCC(=O)OCC(COC(=O)CCCCCCCCCCCCCCC)OC(=O)CCCCCCCCCCCCCCCCCCCC. The van der Waals surface area contributed by atoms with Gasteiger partial charge in [-0.05, 0) is 57.8 Å². The second kappa shape index (κ2) is 64.9. The molecule has 0 fully saturated rings. The Hall–Kier alpha value is -2.63. The molecule has 0 spiro atoms. The lowest BCUT2D eigenvalue weighted by Crippen LogP contribution is -2.30. The third-order valence-corrected chi connectivity index (χ3v) is 15.1. The first-order valence-corrected chi connectivity index (χ1v) is 33.6. The number of esters is 3. The van der Waals surface area contributed by atoms with E-state index in [1.807, 2.05) is 0 Å². The predicted molar refractivity (Wildman–Crippen MR) is 330 cm³/mol. The number of carbonyl (C=O) groups excluding carboxylic acids is 3. The van der Waals surface area contributed by atoms with Crippen molar-refractivity contribution >= 4 is 17.9 Å². The molecule has 0 radical (unpaired) electrons. The van der Waals surface area contributed by atoms with E-state index in [1.54, 1.807) is 0 Å². The maximum Gasteiger partial charge on any atom is 0.306 e. The van der Waals surface area contributed by atoms with Crippen LogP contribution in [0.25, 0.3) is 0 Å². The van der Waals surface area contributed by atoms with E-state index in [2.05, 4.69) is 69.4 Å². The number of hydrogen-bond acceptors (Lipinski definition) is 6. The quantitative estimate of drug-likeness (QED) is 0.0261. The molecule has 1 unspecified atom stereocenters. The van der Waals surface area contributed by atoms with Crippen LogP contribution in [0, 0.1) is 0 Å². The van der Waals surface area contributed by atoms with E-state index in [4.69, 9.17) is 14.2 Å². The van der Waals surface area contributed by atoms with Gasteiger partial charge in [-0.1, -0.05) is 333 Å². The number of rotatable bonds is 62. The highest BCUT2D eigenvalue weighted by Gasteiger charge is 2.19. The number of carbonyl (C=O) groups is 3. The summed E-state index contributed by atoms with van der Waals surface area (Å²) in [5, 5.41) is 0. The van der Waals surface area contributed by atoms with Crippen LogP contribution in [0.1, 0.15) is 361 Å². The van der Waals surface area contributed by atoms with Gasteiger partial charge >= 0.3 is 17.9 Å². The maximum absolute atomic E-state index is 12.9. The van der Waals surface area contributed by atoms with Gasteiger partial charge in [0.25, 0.3) is 0 Å². The van der Waals surface area contributed by atoms with Crippen molar-refractivity contribution < 1.29 is 28.6 Å². The molecule has 0 N–H and O–H groups in total. The largest absolute Gasteiger partial charge is 0.462 e. The standard InChI is InChI=1S/C70H128O6/c1-4-7-10-13-16-19-22-25-27-29-31-32-33-34-35-36-37-38-39-41-42-45-48-51-54-57-60-63-69(72)75-66-67(65-74-68(71)62-59-56-53-50-47-44-24-21-18-15-12-9-6-3)76-70(73)64-61-58-55-52-49-46-43-40-30-28-26-23-20-17-14-11-8-5-2/h7,10,16,19,25,27,31-32,67H,4-6,8-9,11-15,17-18,20-24,26,28-30,33-66H2,1-3H3/b10-7-,19-16-,27-25-,32-31-. The van der Waals surface area contributed by atoms with Crippen molar-refractivity contribution in [3.63, 3.8) is 0 Å². The second-order valence-corrected chi connectivity index (χ2v) is 22.7. The first-order chi connectivity index (χ1) is 37.5. The summed E-state index contributed by atoms with van der Waals surface area (Å²) >= 11 is 0. The molecule has 0 saturated heterocycles. The van der Waals surface area contributed by atoms with E-state index in [0.29, 0.717) is 19.3 Å². The van der Waals surface area contributed by atoms with Gasteiger partial charge in [0, 0.05) is 19.3 Å². The van der Waals surface area contributed by atoms with Crippen LogP contribution in [0.2, 0.25) is 0 Å². The highest BCUT2D eigenvalue weighted by molar-refractivity contribution is 5.71. The average Bonchev–Trinajstić information content (AvgIpc) is 3.42. The third kappa shape index (κ3) is 62.2. The molecule has 6 nitrogen and oxygen atoms in total. The van der Waals surface area contributed by atoms with Crippen molar-refractivity contribution in [1.29, 1.82) is 0 Å². The molecular weight excluding hydrogens is 937 g/mol. The molecule has 0 heterocycles. The summed E-state index contributed by atoms with van der Waals surface area (Å²) in [4.78, 5) is 38.3. The van der Waals surface area contributed by atoms with Crippen LogP contribution in [0.5, 0.6) is 0 Å². The summed E-state index contributed by atoms with van der Waals surface area (Å²) in [6.07, 6.45) is 81.3. The molecule has 1 atom stereocenters. The molecule has 0 aromatic rings. The fraction of sp³-hybridized carbons (Fsp3) is 0.843. The zero-order valence-electron chi connectivity index (χ0n) is 51.0. The smallest absolute Gasteiger partial charge is 0.306 e. The Bertz CT molecular complexity index is 1310. The Morgan fingerprint density at radius 2 is 0.513 bits per heavy atom. The lowest BCUT2D eigenvalue weighted by Gasteiger charge is -2.18. The van der Waals surface area contributed by atoms with Crippen molar-refractivity contribution in [3.05, 3.63) is 48.6 Å². The maximum atomic E-state index is 12.9. The Kier molecular flexibility index (Phi) is 62.6. The highest BCUT2D eigenvalue weighted by atomic mass is 16.6. The molecule has 0 aliphatic carbocycles. The molecule has 0 aliphatic heterocycles. The van der Waals surface area contributed by atoms with Crippen LogP contribution in [0.3, 0.4) is 0 Å². The van der Waals surface area contributed by atoms with E-state index < -0.39 is 6.10 Å². The van der Waals surface area contributed by atoms with Gasteiger partial charge < -0.3 is 14.2 Å². The molecule has 0 rings (SSSR count). The van der Waals surface area contributed by atoms with Gasteiger partial charge in [0.1, 0.15) is 13.2 Å². The highest BCUT2D eigenvalue weighted by Crippen LogP contribution is 2.18. The fourth-order valence-electron chi connectivity index (χ4n) is 10.1. The predicted octanol–water partition coefficient (Wildman–Crippen LogP) is 22.9. The summed E-state index contributed by atoms with van der Waals surface area (Å²) in [7, 11) is 0. The van der Waals surface area contributed by atoms with Gasteiger partial charge in [0.05, 0.1) is 0 Å². The van der Waals surface area contributed by atoms with E-state index in [0.717, 1.165) is 83.5 Å². The zero-order valence-corrected chi connectivity index (χ0v) is 51.0. The Balaban J connectivity index is 4.22. The topological polar surface area (TPSA) is 78.9 Å². The molecule has 6 heteroatoms. The molecule has 0 bridgehead atoms. The summed E-state index contributed by atoms with van der Waals surface area (Å²) in [6.45, 7) is 6.59. The minimum atomic E-state index is -0.769. The van der Waals surface area contributed by atoms with Crippen molar-refractivity contribution in [3.8, 4) is 0 Å². The Morgan fingerprint density at radius 3 is 0.803 bits per heavy atom. The normalized spacial score (nSPS) is 12.3. The van der Waals surface area contributed by atoms with Crippen LogP contribution in [0.4, 0.5) is 0 Å². The van der Waals surface area contributed by atoms with Crippen LogP contribution >= 0.6 is 0 Å². The van der Waals surface area contributed by atoms with E-state index in [-0.39, 0.29) is 31.1 Å². The number of unbranched alkanes of at least 4 members (excludes halogenated alkanes) is 43. The number of hydrogen-bond donors (Lipinski definition) is 0. The molecular formula is C70H128O6. The van der Waals surface area contributed by atoms with Gasteiger partial charge in [0.15, 0.2) is 6.10 Å². The molecule has 0 aliphatic rings. The molecule has 0 aromatic carbocycles. The molecule has 76 heavy (non-hydrogen) atoms. The molecule has 0 aromatic heterocycles. The zero-order chi connectivity index (χ0) is 55.0. The summed E-state index contributed by atoms with van der Waals surface area (Å²) in [5.41, 5.74) is 0. The van der Waals surface area contributed by atoms with Gasteiger partial charge in [-0.25, -0.2) is 0 Å². The second-order valence-electron chi connectivity index (χ2n) is 22.7. The Morgan fingerprint density at radius 1 is 0.276 bits per heavy atom. The van der Waals surface area contributed by atoms with Crippen LogP contribution in [-0.4, -0.2) is 37.2 Å². The van der Waals surface area contributed by atoms with Gasteiger partial charge in [-0.2, -0.15) is 0 Å². The van der Waals surface area contributed by atoms with Crippen LogP contribution < -0.4 is 0 Å². The fourth-order valence-corrected chi connectivity index (χ4v) is 10.1. The van der Waals surface area contributed by atoms with Crippen molar-refractivity contribution in [2.45, 2.75) is 367 Å². The lowest BCUT2D eigenvalue weighted by atomic mass is 10.0. The van der Waals surface area contributed by atoms with E-state index in [9.17, 15) is 14.4 Å². The minimum absolute atomic E-state index is 0.0663. The third-order valence-electron chi connectivity index (χ3n) is 15.1. The average molecular weight is 1070 g/mol. The van der Waals surface area contributed by atoms with Crippen LogP contribution in [0.15, 0.2) is 48.6 Å². The Labute approximate surface area is 473 Å². The van der Waals surface area contributed by atoms with E-state index >= 15 is 0 Å². The van der Waals surface area contributed by atoms with Gasteiger partial charge in [-0.3, -0.25) is 14.4 Å². The van der Waals surface area contributed by atoms with Crippen molar-refractivity contribution in [1.82, 2.24) is 0 Å². The monoisotopic (exact) mass is 1060 g/mol. The van der Waals surface area contributed by atoms with Crippen molar-refractivity contribution in [2.24, 2.45) is 0 Å².